The summed E-state index contributed by atoms with van der Waals surface area (Å²) in [6.07, 6.45) is 1.48. The number of amides is 1. The largest absolute Gasteiger partial charge is 0.353 e. The smallest absolute Gasteiger partial charge is 0.241 e. The fraction of sp³-hybridized carbons (Fsp3) is 0.538. The van der Waals surface area contributed by atoms with Crippen LogP contribution in [0, 0.1) is 0 Å². The molecule has 0 fully saturated rings. The van der Waals surface area contributed by atoms with Crippen molar-refractivity contribution in [2.24, 2.45) is 12.0 Å². The van der Waals surface area contributed by atoms with E-state index in [1.807, 2.05) is 14.0 Å². The second-order valence-corrected chi connectivity index (χ2v) is 4.92. The number of carbonyl (C=O) groups excluding carboxylic acids is 1. The van der Waals surface area contributed by atoms with Crippen LogP contribution in [0.5, 0.6) is 0 Å². The predicted molar refractivity (Wildman–Crippen MR) is 97.1 cm³/mol. The van der Waals surface area contributed by atoms with Gasteiger partial charge in [0.2, 0.25) is 5.91 Å². The Morgan fingerprint density at radius 3 is 2.55 bits per heavy atom. The van der Waals surface area contributed by atoms with E-state index < -0.39 is 0 Å². The molecule has 8 nitrogen and oxygen atoms in total. The van der Waals surface area contributed by atoms with Gasteiger partial charge in [-0.3, -0.25) is 9.48 Å². The van der Waals surface area contributed by atoms with Crippen LogP contribution in [0.3, 0.4) is 0 Å². The van der Waals surface area contributed by atoms with Crippen LogP contribution in [-0.4, -0.2) is 58.7 Å². The molecule has 1 aromatic rings. The molecule has 9 heteroatoms. The van der Waals surface area contributed by atoms with Crippen LogP contribution in [0.4, 0.5) is 0 Å². The highest BCUT2D eigenvalue weighted by Gasteiger charge is 2.06. The Morgan fingerprint density at radius 1 is 1.41 bits per heavy atom. The molecule has 0 saturated carbocycles. The first kappa shape index (κ1) is 20.3. The van der Waals surface area contributed by atoms with Gasteiger partial charge in [0.05, 0.1) is 6.54 Å². The summed E-state index contributed by atoms with van der Waals surface area (Å²) < 4.78 is 1.66. The summed E-state index contributed by atoms with van der Waals surface area (Å²) in [7, 11) is 5.23. The lowest BCUT2D eigenvalue weighted by atomic mass is 10.3. The Kier molecular flexibility index (Phi) is 9.38. The molecule has 0 saturated heterocycles. The molecule has 0 radical (unpaired) electrons. The molecular weight excluding hydrogens is 397 g/mol. The third-order valence-electron chi connectivity index (χ3n) is 2.65. The molecule has 2 N–H and O–H groups in total. The first-order valence-corrected chi connectivity index (χ1v) is 6.59. The maximum absolute atomic E-state index is 11.6. The lowest BCUT2D eigenvalue weighted by Crippen LogP contribution is -2.43. The number of hydrogen-bond acceptors (Lipinski definition) is 4. The van der Waals surface area contributed by atoms with Gasteiger partial charge in [0.25, 0.3) is 0 Å². The average molecular weight is 421 g/mol. The molecule has 22 heavy (non-hydrogen) atoms. The van der Waals surface area contributed by atoms with Gasteiger partial charge in [0.15, 0.2) is 5.96 Å². The molecular formula is C13H24IN7O. The molecule has 1 aromatic heterocycles. The number of aromatic nitrogens is 3. The maximum Gasteiger partial charge on any atom is 0.241 e. The normalized spacial score (nSPS) is 10.6. The molecule has 1 amide bonds. The zero-order valence-corrected chi connectivity index (χ0v) is 15.8. The molecule has 0 aliphatic rings. The summed E-state index contributed by atoms with van der Waals surface area (Å²) in [5, 5.41) is 10.1. The first-order valence-electron chi connectivity index (χ1n) is 6.59. The van der Waals surface area contributed by atoms with E-state index in [1.54, 1.807) is 18.8 Å². The number of likely N-dealkylation sites (N-methyl/N-ethyl adjacent to an activating group) is 1. The van der Waals surface area contributed by atoms with Crippen LogP contribution in [0.1, 0.15) is 12.7 Å². The summed E-state index contributed by atoms with van der Waals surface area (Å²) in [5.41, 5.74) is 0.974. The minimum absolute atomic E-state index is 0. The third kappa shape index (κ3) is 7.38. The number of halogens is 1. The van der Waals surface area contributed by atoms with E-state index in [9.17, 15) is 4.79 Å². The fourth-order valence-electron chi connectivity index (χ4n) is 1.34. The van der Waals surface area contributed by atoms with E-state index in [2.05, 4.69) is 32.3 Å². The van der Waals surface area contributed by atoms with Crippen molar-refractivity contribution in [2.75, 3.05) is 27.2 Å². The van der Waals surface area contributed by atoms with Crippen LogP contribution < -0.4 is 10.6 Å². The van der Waals surface area contributed by atoms with E-state index in [4.69, 9.17) is 0 Å². The topological polar surface area (TPSA) is 87.4 Å². The first-order chi connectivity index (χ1) is 9.90. The lowest BCUT2D eigenvalue weighted by Gasteiger charge is -2.14. The molecule has 0 aromatic carbocycles. The second-order valence-electron chi connectivity index (χ2n) is 4.92. The second kappa shape index (κ2) is 10.1. The molecule has 0 bridgehead atoms. The fourth-order valence-corrected chi connectivity index (χ4v) is 1.34. The van der Waals surface area contributed by atoms with Crippen LogP contribution in [0.2, 0.25) is 0 Å². The molecule has 0 atom stereocenters. The van der Waals surface area contributed by atoms with Crippen LogP contribution >= 0.6 is 24.0 Å². The number of nitrogens with zero attached hydrogens (tertiary/aromatic N) is 5. The van der Waals surface area contributed by atoms with E-state index in [-0.39, 0.29) is 36.4 Å². The number of guanidine groups is 1. The van der Waals surface area contributed by atoms with Crippen molar-refractivity contribution in [3.8, 4) is 0 Å². The van der Waals surface area contributed by atoms with E-state index in [1.165, 1.54) is 11.2 Å². The third-order valence-corrected chi connectivity index (χ3v) is 2.65. The van der Waals surface area contributed by atoms with Crippen molar-refractivity contribution in [2.45, 2.75) is 13.5 Å². The minimum Gasteiger partial charge on any atom is -0.353 e. The number of aliphatic imine (C=N–C) groups is 1. The van der Waals surface area contributed by atoms with Crippen LogP contribution in [0.15, 0.2) is 23.5 Å². The zero-order chi connectivity index (χ0) is 15.8. The van der Waals surface area contributed by atoms with E-state index >= 15 is 0 Å². The highest BCUT2D eigenvalue weighted by molar-refractivity contribution is 14.0. The molecule has 0 aliphatic heterocycles. The maximum atomic E-state index is 11.6. The molecule has 1 rings (SSSR count). The average Bonchev–Trinajstić information content (AvgIpc) is 2.82. The van der Waals surface area contributed by atoms with Gasteiger partial charge in [-0.2, -0.15) is 5.10 Å². The van der Waals surface area contributed by atoms with Gasteiger partial charge in [-0.1, -0.05) is 12.2 Å². The van der Waals surface area contributed by atoms with E-state index in [0.29, 0.717) is 19.0 Å². The summed E-state index contributed by atoms with van der Waals surface area (Å²) >= 11 is 0. The molecule has 0 aliphatic carbocycles. The zero-order valence-electron chi connectivity index (χ0n) is 13.5. The predicted octanol–water partition coefficient (Wildman–Crippen LogP) is 0.133. The van der Waals surface area contributed by atoms with Crippen molar-refractivity contribution >= 4 is 35.8 Å². The molecule has 124 valence electrons. The highest BCUT2D eigenvalue weighted by Crippen LogP contribution is 1.93. The number of carbonyl (C=O) groups is 1. The standard InChI is InChI=1S/C13H23N7O.HI/c1-10(2)6-14-13(16-8-12(21)19(3)4)15-7-11-17-9-18-20(11)5;/h9H,1,6-8H2,2-5H3,(H2,14,15,16);1H. The summed E-state index contributed by atoms with van der Waals surface area (Å²) in [4.78, 5) is 21.6. The monoisotopic (exact) mass is 421 g/mol. The van der Waals surface area contributed by atoms with Gasteiger partial charge in [-0.15, -0.1) is 24.0 Å². The summed E-state index contributed by atoms with van der Waals surface area (Å²) in [6, 6.07) is 0. The van der Waals surface area contributed by atoms with Gasteiger partial charge < -0.3 is 15.5 Å². The lowest BCUT2D eigenvalue weighted by molar-refractivity contribution is -0.127. The SMILES string of the molecule is C=C(C)CNC(=NCc1ncnn1C)NCC(=O)N(C)C.I. The number of nitrogens with one attached hydrogen (secondary N) is 2. The minimum atomic E-state index is -0.0292. The van der Waals surface area contributed by atoms with Gasteiger partial charge in [0.1, 0.15) is 18.7 Å². The molecule has 0 unspecified atom stereocenters. The number of hydrogen-bond donors (Lipinski definition) is 2. The van der Waals surface area contributed by atoms with Crippen LogP contribution in [-0.2, 0) is 18.4 Å². The summed E-state index contributed by atoms with van der Waals surface area (Å²) in [6.45, 7) is 6.87. The van der Waals surface area contributed by atoms with Gasteiger partial charge >= 0.3 is 0 Å². The van der Waals surface area contributed by atoms with Crippen molar-refractivity contribution in [1.82, 2.24) is 30.3 Å². The number of aryl methyl sites for hydroxylation is 1. The van der Waals surface area contributed by atoms with Gasteiger partial charge in [-0.05, 0) is 6.92 Å². The summed E-state index contributed by atoms with van der Waals surface area (Å²) in [5.74, 6) is 1.25. The van der Waals surface area contributed by atoms with Crippen molar-refractivity contribution in [1.29, 1.82) is 0 Å². The Morgan fingerprint density at radius 2 is 2.05 bits per heavy atom. The Hall–Kier alpha value is -1.65. The quantitative estimate of drug-likeness (QED) is 0.295. The number of rotatable bonds is 6. The van der Waals surface area contributed by atoms with E-state index in [0.717, 1.165) is 11.4 Å². The highest BCUT2D eigenvalue weighted by atomic mass is 127. The van der Waals surface area contributed by atoms with Crippen LogP contribution in [0.25, 0.3) is 0 Å². The molecule has 0 spiro atoms. The Labute approximate surface area is 148 Å². The van der Waals surface area contributed by atoms with Crippen molar-refractivity contribution in [3.05, 3.63) is 24.3 Å². The van der Waals surface area contributed by atoms with Crippen molar-refractivity contribution < 1.29 is 4.79 Å². The Balaban J connectivity index is 0.00000441. The Bertz CT molecular complexity index is 524. The van der Waals surface area contributed by atoms with Gasteiger partial charge in [0, 0.05) is 27.7 Å². The molecule has 1 heterocycles. The van der Waals surface area contributed by atoms with Gasteiger partial charge in [-0.25, -0.2) is 9.98 Å². The van der Waals surface area contributed by atoms with Crippen molar-refractivity contribution in [3.63, 3.8) is 0 Å².